The summed E-state index contributed by atoms with van der Waals surface area (Å²) >= 11 is 0. The molecule has 2 aromatic carbocycles. The smallest absolute Gasteiger partial charge is 0.416 e. The normalized spacial score (nSPS) is 11.0. The van der Waals surface area contributed by atoms with Gasteiger partial charge in [0, 0.05) is 23.5 Å². The Labute approximate surface area is 152 Å². The number of halogens is 3. The monoisotopic (exact) mass is 383 g/mol. The highest BCUT2D eigenvalue weighted by atomic mass is 19.4. The van der Waals surface area contributed by atoms with Crippen LogP contribution in [0.4, 0.5) is 30.2 Å². The molecule has 0 saturated carbocycles. The van der Waals surface area contributed by atoms with E-state index in [1.807, 2.05) is 0 Å². The van der Waals surface area contributed by atoms with Crippen LogP contribution in [0.25, 0.3) is 0 Å². The number of rotatable bonds is 6. The van der Waals surface area contributed by atoms with Crippen LogP contribution in [0.5, 0.6) is 5.75 Å². The van der Waals surface area contributed by atoms with Crippen LogP contribution in [0.1, 0.15) is 11.1 Å². The number of nitrogens with zero attached hydrogens (tertiary/aromatic N) is 1. The topological polar surface area (TPSA) is 93.5 Å². The lowest BCUT2D eigenvalue weighted by Crippen LogP contribution is -2.22. The summed E-state index contributed by atoms with van der Waals surface area (Å²) in [4.78, 5) is 22.4. The van der Waals surface area contributed by atoms with Crippen molar-refractivity contribution in [1.29, 1.82) is 0 Å². The lowest BCUT2D eigenvalue weighted by molar-refractivity contribution is -0.385. The SMILES string of the molecule is COc1cc(NC(=O)CNc2ccc(C(F)(F)F)cc2)c(C)cc1[N+](=O)[O-]. The molecule has 2 aromatic rings. The molecule has 0 heterocycles. The summed E-state index contributed by atoms with van der Waals surface area (Å²) in [6.45, 7) is 1.38. The number of aryl methyl sites for hydroxylation is 1. The van der Waals surface area contributed by atoms with Crippen LogP contribution in [0.15, 0.2) is 36.4 Å². The van der Waals surface area contributed by atoms with Crippen LogP contribution in [-0.4, -0.2) is 24.5 Å². The minimum atomic E-state index is -4.43. The van der Waals surface area contributed by atoms with Gasteiger partial charge >= 0.3 is 11.9 Å². The first-order valence-electron chi connectivity index (χ1n) is 7.66. The number of hydrogen-bond acceptors (Lipinski definition) is 5. The molecule has 0 saturated heterocycles. The molecule has 7 nitrogen and oxygen atoms in total. The van der Waals surface area contributed by atoms with Crippen molar-refractivity contribution in [3.63, 3.8) is 0 Å². The second-order valence-corrected chi connectivity index (χ2v) is 5.57. The van der Waals surface area contributed by atoms with E-state index in [4.69, 9.17) is 4.74 Å². The fraction of sp³-hybridized carbons (Fsp3) is 0.235. The Morgan fingerprint density at radius 3 is 2.37 bits per heavy atom. The third-order valence-corrected chi connectivity index (χ3v) is 3.66. The number of alkyl halides is 3. The van der Waals surface area contributed by atoms with Gasteiger partial charge in [0.05, 0.1) is 24.1 Å². The maximum Gasteiger partial charge on any atom is 0.416 e. The molecule has 0 radical (unpaired) electrons. The number of nitrogens with one attached hydrogen (secondary N) is 2. The van der Waals surface area contributed by atoms with E-state index in [9.17, 15) is 28.1 Å². The zero-order valence-corrected chi connectivity index (χ0v) is 14.4. The lowest BCUT2D eigenvalue weighted by atomic mass is 10.1. The summed E-state index contributed by atoms with van der Waals surface area (Å²) in [5.41, 5.74) is 0.125. The van der Waals surface area contributed by atoms with Gasteiger partial charge in [-0.05, 0) is 36.8 Å². The number of amides is 1. The number of carbonyl (C=O) groups is 1. The van der Waals surface area contributed by atoms with E-state index >= 15 is 0 Å². The predicted molar refractivity (Wildman–Crippen MR) is 92.9 cm³/mol. The first-order valence-corrected chi connectivity index (χ1v) is 7.66. The van der Waals surface area contributed by atoms with E-state index in [1.165, 1.54) is 31.4 Å². The van der Waals surface area contributed by atoms with Gasteiger partial charge in [0.1, 0.15) is 0 Å². The number of methoxy groups -OCH3 is 1. The van der Waals surface area contributed by atoms with Crippen LogP contribution in [0.2, 0.25) is 0 Å². The highest BCUT2D eigenvalue weighted by molar-refractivity contribution is 5.94. The fourth-order valence-electron chi connectivity index (χ4n) is 2.27. The van der Waals surface area contributed by atoms with Crippen molar-refractivity contribution in [2.24, 2.45) is 0 Å². The van der Waals surface area contributed by atoms with Gasteiger partial charge in [-0.25, -0.2) is 0 Å². The number of carbonyl (C=O) groups excluding carboxylic acids is 1. The maximum absolute atomic E-state index is 12.5. The Balaban J connectivity index is 2.03. The Morgan fingerprint density at radius 1 is 1.22 bits per heavy atom. The van der Waals surface area contributed by atoms with E-state index in [2.05, 4.69) is 10.6 Å². The molecule has 0 spiro atoms. The molecule has 0 aliphatic rings. The molecule has 1 amide bonds. The number of anilines is 2. The van der Waals surface area contributed by atoms with Gasteiger partial charge < -0.3 is 15.4 Å². The van der Waals surface area contributed by atoms with Crippen molar-refractivity contribution in [2.45, 2.75) is 13.1 Å². The molecule has 2 N–H and O–H groups in total. The Morgan fingerprint density at radius 2 is 1.85 bits per heavy atom. The maximum atomic E-state index is 12.5. The standard InChI is InChI=1S/C17H16F3N3O4/c1-10-7-14(23(25)26)15(27-2)8-13(10)22-16(24)9-21-12-5-3-11(4-6-12)17(18,19)20/h3-8,21H,9H2,1-2H3,(H,22,24). The number of nitro groups is 1. The van der Waals surface area contributed by atoms with Gasteiger partial charge in [-0.1, -0.05) is 0 Å². The fourth-order valence-corrected chi connectivity index (χ4v) is 2.27. The van der Waals surface area contributed by atoms with E-state index in [0.717, 1.165) is 12.1 Å². The highest BCUT2D eigenvalue weighted by Gasteiger charge is 2.29. The van der Waals surface area contributed by atoms with Crippen molar-refractivity contribution >= 4 is 23.0 Å². The lowest BCUT2D eigenvalue weighted by Gasteiger charge is -2.12. The summed E-state index contributed by atoms with van der Waals surface area (Å²) in [6.07, 6.45) is -4.43. The molecule has 10 heteroatoms. The molecule has 2 rings (SSSR count). The molecule has 0 atom stereocenters. The van der Waals surface area contributed by atoms with Gasteiger partial charge in [-0.15, -0.1) is 0 Å². The molecule has 0 unspecified atom stereocenters. The van der Waals surface area contributed by atoms with Crippen molar-refractivity contribution in [3.8, 4) is 5.75 Å². The zero-order chi connectivity index (χ0) is 20.2. The van der Waals surface area contributed by atoms with Gasteiger partial charge in [0.15, 0.2) is 5.75 Å². The average molecular weight is 383 g/mol. The first-order chi connectivity index (χ1) is 12.6. The second kappa shape index (κ2) is 7.94. The Kier molecular flexibility index (Phi) is 5.88. The van der Waals surface area contributed by atoms with Crippen molar-refractivity contribution < 1.29 is 27.6 Å². The number of benzene rings is 2. The molecule has 0 aliphatic heterocycles. The van der Waals surface area contributed by atoms with E-state index in [0.29, 0.717) is 16.9 Å². The van der Waals surface area contributed by atoms with Gasteiger partial charge in [0.25, 0.3) is 0 Å². The van der Waals surface area contributed by atoms with Gasteiger partial charge in [-0.2, -0.15) is 13.2 Å². The molecule has 0 bridgehead atoms. The van der Waals surface area contributed by atoms with Crippen molar-refractivity contribution in [3.05, 3.63) is 57.6 Å². The molecule has 0 aromatic heterocycles. The van der Waals surface area contributed by atoms with Crippen LogP contribution in [0, 0.1) is 17.0 Å². The molecule has 0 aliphatic carbocycles. The Hall–Kier alpha value is -3.30. The highest BCUT2D eigenvalue weighted by Crippen LogP contribution is 2.33. The van der Waals surface area contributed by atoms with E-state index in [1.54, 1.807) is 6.92 Å². The van der Waals surface area contributed by atoms with Crippen LogP contribution in [-0.2, 0) is 11.0 Å². The van der Waals surface area contributed by atoms with E-state index < -0.39 is 22.6 Å². The minimum Gasteiger partial charge on any atom is -0.490 e. The van der Waals surface area contributed by atoms with Crippen LogP contribution in [0.3, 0.4) is 0 Å². The number of nitro benzene ring substituents is 1. The van der Waals surface area contributed by atoms with Crippen LogP contribution >= 0.6 is 0 Å². The summed E-state index contributed by atoms with van der Waals surface area (Å²) in [7, 11) is 1.27. The predicted octanol–water partition coefficient (Wildman–Crippen LogP) is 3.98. The quantitative estimate of drug-likeness (QED) is 0.581. The van der Waals surface area contributed by atoms with Gasteiger partial charge in [-0.3, -0.25) is 14.9 Å². The zero-order valence-electron chi connectivity index (χ0n) is 14.4. The summed E-state index contributed by atoms with van der Waals surface area (Å²) in [5.74, 6) is -0.481. The number of hydrogen-bond donors (Lipinski definition) is 2. The van der Waals surface area contributed by atoms with Crippen molar-refractivity contribution in [1.82, 2.24) is 0 Å². The summed E-state index contributed by atoms with van der Waals surface area (Å²) in [5, 5.41) is 16.2. The molecular formula is C17H16F3N3O4. The minimum absolute atomic E-state index is 0.00315. The number of ether oxygens (including phenoxy) is 1. The summed E-state index contributed by atoms with van der Waals surface area (Å²) < 4.78 is 42.5. The van der Waals surface area contributed by atoms with Crippen molar-refractivity contribution in [2.75, 3.05) is 24.3 Å². The Bertz CT molecular complexity index is 852. The van der Waals surface area contributed by atoms with Crippen LogP contribution < -0.4 is 15.4 Å². The third kappa shape index (κ3) is 5.09. The largest absolute Gasteiger partial charge is 0.490 e. The molecule has 144 valence electrons. The summed E-state index contributed by atoms with van der Waals surface area (Å²) in [6, 6.07) is 6.87. The molecule has 27 heavy (non-hydrogen) atoms. The van der Waals surface area contributed by atoms with E-state index in [-0.39, 0.29) is 18.0 Å². The van der Waals surface area contributed by atoms with Gasteiger partial charge in [0.2, 0.25) is 5.91 Å². The molecular weight excluding hydrogens is 367 g/mol. The first kappa shape index (κ1) is 20.0. The average Bonchev–Trinajstić information content (AvgIpc) is 2.60. The molecule has 0 fully saturated rings. The third-order valence-electron chi connectivity index (χ3n) is 3.66. The second-order valence-electron chi connectivity index (χ2n) is 5.57.